The van der Waals surface area contributed by atoms with E-state index in [-0.39, 0.29) is 6.04 Å². The summed E-state index contributed by atoms with van der Waals surface area (Å²) < 4.78 is 26.1. The van der Waals surface area contributed by atoms with Gasteiger partial charge in [-0.1, -0.05) is 11.6 Å². The van der Waals surface area contributed by atoms with Crippen molar-refractivity contribution < 1.29 is 8.42 Å². The molecule has 1 aliphatic heterocycles. The van der Waals surface area contributed by atoms with E-state index in [1.165, 1.54) is 4.31 Å². The van der Waals surface area contributed by atoms with E-state index >= 15 is 0 Å². The van der Waals surface area contributed by atoms with E-state index < -0.39 is 10.0 Å². The summed E-state index contributed by atoms with van der Waals surface area (Å²) in [5.41, 5.74) is 0.677. The zero-order chi connectivity index (χ0) is 12.6. The molecule has 1 fully saturated rings. The van der Waals surface area contributed by atoms with E-state index in [1.54, 1.807) is 32.2 Å². The van der Waals surface area contributed by atoms with Crippen LogP contribution in [0.4, 0.5) is 0 Å². The third kappa shape index (κ3) is 2.33. The molecule has 0 spiro atoms. The molecule has 1 saturated heterocycles. The average molecular weight is 275 g/mol. The van der Waals surface area contributed by atoms with E-state index in [0.717, 1.165) is 0 Å². The Morgan fingerprint density at radius 1 is 1.41 bits per heavy atom. The van der Waals surface area contributed by atoms with Crippen LogP contribution in [0.2, 0.25) is 5.02 Å². The molecule has 0 unspecified atom stereocenters. The topological polar surface area (TPSA) is 49.4 Å². The quantitative estimate of drug-likeness (QED) is 0.902. The number of hydrogen-bond donors (Lipinski definition) is 1. The van der Waals surface area contributed by atoms with Crippen molar-refractivity contribution in [1.82, 2.24) is 9.62 Å². The van der Waals surface area contributed by atoms with Crippen molar-refractivity contribution >= 4 is 21.6 Å². The van der Waals surface area contributed by atoms with Crippen molar-refractivity contribution in [2.24, 2.45) is 0 Å². The fraction of sp³-hybridized carbons (Fsp3) is 0.455. The van der Waals surface area contributed by atoms with Gasteiger partial charge in [-0.05, 0) is 30.7 Å². The van der Waals surface area contributed by atoms with Crippen molar-refractivity contribution in [3.05, 3.63) is 28.8 Å². The zero-order valence-corrected chi connectivity index (χ0v) is 11.3. The molecule has 0 radical (unpaired) electrons. The Bertz CT molecular complexity index is 526. The zero-order valence-electron chi connectivity index (χ0n) is 9.77. The van der Waals surface area contributed by atoms with Crippen molar-refractivity contribution in [2.45, 2.75) is 17.9 Å². The standard InChI is InChI=1S/C11H15ClN2O2S/c1-8-5-9(12)3-4-11(8)17(15,16)14(2)10-6-13-7-10/h3-5,10,13H,6-7H2,1-2H3. The van der Waals surface area contributed by atoms with Crippen LogP contribution < -0.4 is 5.32 Å². The van der Waals surface area contributed by atoms with Crippen LogP contribution in [0.25, 0.3) is 0 Å². The summed E-state index contributed by atoms with van der Waals surface area (Å²) in [6, 6.07) is 4.89. The average Bonchev–Trinajstić information content (AvgIpc) is 2.13. The van der Waals surface area contributed by atoms with Crippen LogP contribution in [-0.4, -0.2) is 38.9 Å². The largest absolute Gasteiger partial charge is 0.313 e. The van der Waals surface area contributed by atoms with Gasteiger partial charge in [-0.2, -0.15) is 4.31 Å². The van der Waals surface area contributed by atoms with E-state index in [2.05, 4.69) is 5.32 Å². The Morgan fingerprint density at radius 2 is 2.06 bits per heavy atom. The molecule has 0 bridgehead atoms. The minimum atomic E-state index is -3.41. The molecule has 0 saturated carbocycles. The fourth-order valence-electron chi connectivity index (χ4n) is 1.78. The lowest BCUT2D eigenvalue weighted by Crippen LogP contribution is -2.57. The number of hydrogen-bond acceptors (Lipinski definition) is 3. The maximum absolute atomic E-state index is 12.4. The highest BCUT2D eigenvalue weighted by Crippen LogP contribution is 2.24. The van der Waals surface area contributed by atoms with Crippen LogP contribution in [0, 0.1) is 6.92 Å². The van der Waals surface area contributed by atoms with Crippen LogP contribution in [-0.2, 0) is 10.0 Å². The summed E-state index contributed by atoms with van der Waals surface area (Å²) in [6.07, 6.45) is 0. The molecule has 6 heteroatoms. The number of rotatable bonds is 3. The molecule has 1 N–H and O–H groups in total. The van der Waals surface area contributed by atoms with Gasteiger partial charge in [-0.3, -0.25) is 0 Å². The number of benzene rings is 1. The minimum absolute atomic E-state index is 0.0510. The molecule has 4 nitrogen and oxygen atoms in total. The normalized spacial score (nSPS) is 17.2. The summed E-state index contributed by atoms with van der Waals surface area (Å²) >= 11 is 5.83. The van der Waals surface area contributed by atoms with Crippen LogP contribution in [0.1, 0.15) is 5.56 Å². The molecule has 0 aliphatic carbocycles. The van der Waals surface area contributed by atoms with Crippen LogP contribution in [0.5, 0.6) is 0 Å². The molecular weight excluding hydrogens is 260 g/mol. The monoisotopic (exact) mass is 274 g/mol. The number of nitrogens with one attached hydrogen (secondary N) is 1. The molecule has 0 aromatic heterocycles. The van der Waals surface area contributed by atoms with Crippen molar-refractivity contribution in [3.63, 3.8) is 0 Å². The summed E-state index contributed by atoms with van der Waals surface area (Å²) in [7, 11) is -1.79. The second-order valence-electron chi connectivity index (χ2n) is 4.24. The van der Waals surface area contributed by atoms with Crippen molar-refractivity contribution in [2.75, 3.05) is 20.1 Å². The third-order valence-electron chi connectivity index (χ3n) is 3.07. The van der Waals surface area contributed by atoms with Gasteiger partial charge in [0.05, 0.1) is 4.90 Å². The lowest BCUT2D eigenvalue weighted by molar-refractivity contribution is 0.274. The molecule has 1 heterocycles. The van der Waals surface area contributed by atoms with Gasteiger partial charge in [0, 0.05) is 31.2 Å². The number of sulfonamides is 1. The Morgan fingerprint density at radius 3 is 2.53 bits per heavy atom. The summed E-state index contributed by atoms with van der Waals surface area (Å²) in [6.45, 7) is 3.18. The first-order chi connectivity index (χ1) is 7.93. The van der Waals surface area contributed by atoms with Crippen LogP contribution in [0.3, 0.4) is 0 Å². The maximum Gasteiger partial charge on any atom is 0.243 e. The highest BCUT2D eigenvalue weighted by molar-refractivity contribution is 7.89. The first-order valence-corrected chi connectivity index (χ1v) is 7.19. The second kappa shape index (κ2) is 4.57. The molecule has 1 aromatic rings. The summed E-state index contributed by atoms with van der Waals surface area (Å²) in [5, 5.41) is 3.61. The Labute approximate surface area is 107 Å². The predicted molar refractivity (Wildman–Crippen MR) is 67.8 cm³/mol. The van der Waals surface area contributed by atoms with Crippen LogP contribution >= 0.6 is 11.6 Å². The SMILES string of the molecule is Cc1cc(Cl)ccc1S(=O)(=O)N(C)C1CNC1. The fourth-order valence-corrected chi connectivity index (χ4v) is 3.57. The summed E-state index contributed by atoms with van der Waals surface area (Å²) in [5.74, 6) is 0. The maximum atomic E-state index is 12.4. The molecule has 0 amide bonds. The Kier molecular flexibility index (Phi) is 3.45. The van der Waals surface area contributed by atoms with E-state index in [1.807, 2.05) is 0 Å². The van der Waals surface area contributed by atoms with E-state index in [0.29, 0.717) is 28.6 Å². The number of halogens is 1. The van der Waals surface area contributed by atoms with Gasteiger partial charge >= 0.3 is 0 Å². The second-order valence-corrected chi connectivity index (χ2v) is 6.65. The predicted octanol–water partition coefficient (Wildman–Crippen LogP) is 1.24. The molecule has 94 valence electrons. The van der Waals surface area contributed by atoms with Gasteiger partial charge in [0.1, 0.15) is 0 Å². The molecule has 17 heavy (non-hydrogen) atoms. The van der Waals surface area contributed by atoms with Crippen molar-refractivity contribution in [1.29, 1.82) is 0 Å². The number of aryl methyl sites for hydroxylation is 1. The third-order valence-corrected chi connectivity index (χ3v) is 5.37. The van der Waals surface area contributed by atoms with Gasteiger partial charge in [-0.25, -0.2) is 8.42 Å². The first-order valence-electron chi connectivity index (χ1n) is 5.38. The highest BCUT2D eigenvalue weighted by Gasteiger charge is 2.32. The number of nitrogens with zero attached hydrogens (tertiary/aromatic N) is 1. The van der Waals surface area contributed by atoms with Gasteiger partial charge in [-0.15, -0.1) is 0 Å². The Balaban J connectivity index is 2.36. The van der Waals surface area contributed by atoms with Gasteiger partial charge < -0.3 is 5.32 Å². The lowest BCUT2D eigenvalue weighted by atomic mass is 10.2. The van der Waals surface area contributed by atoms with E-state index in [4.69, 9.17) is 11.6 Å². The molecule has 1 aromatic carbocycles. The summed E-state index contributed by atoms with van der Waals surface area (Å²) in [4.78, 5) is 0.330. The van der Waals surface area contributed by atoms with Crippen molar-refractivity contribution in [3.8, 4) is 0 Å². The Hall–Kier alpha value is -0.620. The first kappa shape index (κ1) is 12.8. The minimum Gasteiger partial charge on any atom is -0.313 e. The van der Waals surface area contributed by atoms with Gasteiger partial charge in [0.2, 0.25) is 10.0 Å². The lowest BCUT2D eigenvalue weighted by Gasteiger charge is -2.34. The highest BCUT2D eigenvalue weighted by atomic mass is 35.5. The molecular formula is C11H15ClN2O2S. The van der Waals surface area contributed by atoms with E-state index in [9.17, 15) is 8.42 Å². The number of likely N-dealkylation sites (N-methyl/N-ethyl adjacent to an activating group) is 1. The molecule has 0 atom stereocenters. The van der Waals surface area contributed by atoms with Gasteiger partial charge in [0.25, 0.3) is 0 Å². The van der Waals surface area contributed by atoms with Crippen LogP contribution in [0.15, 0.2) is 23.1 Å². The smallest absolute Gasteiger partial charge is 0.243 e. The van der Waals surface area contributed by atoms with Gasteiger partial charge in [0.15, 0.2) is 0 Å². The molecule has 2 rings (SSSR count). The molecule has 1 aliphatic rings.